The third kappa shape index (κ3) is 4.74. The predicted octanol–water partition coefficient (Wildman–Crippen LogP) is 1.65. The molecule has 174 valence electrons. The molecule has 33 heavy (non-hydrogen) atoms. The van der Waals surface area contributed by atoms with Crippen LogP contribution in [0.5, 0.6) is 0 Å². The maximum atomic E-state index is 11.9. The number of carbonyl (C=O) groups excluding carboxylic acids is 1. The summed E-state index contributed by atoms with van der Waals surface area (Å²) in [6.07, 6.45) is 7.54. The number of fused-ring (bicyclic) bond motifs is 1. The Morgan fingerprint density at radius 3 is 2.70 bits per heavy atom. The first-order valence-electron chi connectivity index (χ1n) is 11.4. The van der Waals surface area contributed by atoms with Crippen LogP contribution in [0.3, 0.4) is 0 Å². The van der Waals surface area contributed by atoms with Gasteiger partial charge < -0.3 is 15.0 Å². The van der Waals surface area contributed by atoms with Crippen LogP contribution in [0.1, 0.15) is 24.4 Å². The highest BCUT2D eigenvalue weighted by Gasteiger charge is 2.26. The Hall–Kier alpha value is -3.31. The Morgan fingerprint density at radius 1 is 1.15 bits per heavy atom. The highest BCUT2D eigenvalue weighted by Crippen LogP contribution is 2.31. The molecule has 2 saturated heterocycles. The molecule has 2 N–H and O–H groups in total. The summed E-state index contributed by atoms with van der Waals surface area (Å²) in [5, 5.41) is 10.9. The normalized spacial score (nSPS) is 17.9. The van der Waals surface area contributed by atoms with Crippen LogP contribution < -0.4 is 15.5 Å². The molecule has 0 aromatic carbocycles. The van der Waals surface area contributed by atoms with Crippen LogP contribution in [0.25, 0.3) is 11.0 Å². The minimum absolute atomic E-state index is 0.243. The van der Waals surface area contributed by atoms with Crippen LogP contribution in [0, 0.1) is 0 Å². The number of pyridine rings is 1. The van der Waals surface area contributed by atoms with Crippen LogP contribution >= 0.6 is 0 Å². The van der Waals surface area contributed by atoms with Crippen molar-refractivity contribution in [3.05, 3.63) is 36.3 Å². The lowest BCUT2D eigenvalue weighted by Crippen LogP contribution is -2.37. The fourth-order valence-electron chi connectivity index (χ4n) is 4.49. The third-order valence-electron chi connectivity index (χ3n) is 6.23. The highest BCUT2D eigenvalue weighted by atomic mass is 16.5. The number of aromatic nitrogens is 5. The molecular weight excluding hydrogens is 422 g/mol. The number of nitrogens with one attached hydrogen (secondary N) is 2. The van der Waals surface area contributed by atoms with Crippen LogP contribution in [-0.4, -0.2) is 82.1 Å². The maximum Gasteiger partial charge on any atom is 0.321 e. The van der Waals surface area contributed by atoms with E-state index < -0.39 is 0 Å². The van der Waals surface area contributed by atoms with Crippen molar-refractivity contribution in [2.45, 2.75) is 25.4 Å². The SMILES string of the molecule is CNC(=O)Nc1nc(N2CCOCC2)c2cnn(C3CCN(Cc4cccnc4)CC3)c2n1. The van der Waals surface area contributed by atoms with Crippen molar-refractivity contribution in [1.29, 1.82) is 0 Å². The molecule has 3 aromatic heterocycles. The average Bonchev–Trinajstić information content (AvgIpc) is 3.29. The Morgan fingerprint density at radius 2 is 1.97 bits per heavy atom. The molecule has 3 aromatic rings. The van der Waals surface area contributed by atoms with Gasteiger partial charge in [-0.05, 0) is 24.5 Å². The van der Waals surface area contributed by atoms with Crippen molar-refractivity contribution in [1.82, 2.24) is 34.9 Å². The maximum absolute atomic E-state index is 11.9. The van der Waals surface area contributed by atoms with Gasteiger partial charge in [0.2, 0.25) is 5.95 Å². The van der Waals surface area contributed by atoms with E-state index in [9.17, 15) is 4.79 Å². The summed E-state index contributed by atoms with van der Waals surface area (Å²) < 4.78 is 7.52. The predicted molar refractivity (Wildman–Crippen MR) is 124 cm³/mol. The first-order valence-corrected chi connectivity index (χ1v) is 11.4. The van der Waals surface area contributed by atoms with Gasteiger partial charge in [-0.1, -0.05) is 6.07 Å². The molecule has 5 rings (SSSR count). The summed E-state index contributed by atoms with van der Waals surface area (Å²) in [4.78, 5) is 30.1. The van der Waals surface area contributed by atoms with E-state index in [-0.39, 0.29) is 18.0 Å². The van der Waals surface area contributed by atoms with Crippen molar-refractivity contribution < 1.29 is 9.53 Å². The molecule has 2 aliphatic heterocycles. The molecule has 2 amide bonds. The number of anilines is 2. The largest absolute Gasteiger partial charge is 0.378 e. The van der Waals surface area contributed by atoms with Gasteiger partial charge >= 0.3 is 6.03 Å². The lowest BCUT2D eigenvalue weighted by molar-refractivity contribution is 0.122. The van der Waals surface area contributed by atoms with Crippen molar-refractivity contribution in [3.8, 4) is 0 Å². The second-order valence-electron chi connectivity index (χ2n) is 8.37. The number of piperidine rings is 1. The molecule has 11 nitrogen and oxygen atoms in total. The van der Waals surface area contributed by atoms with Crippen molar-refractivity contribution >= 4 is 28.8 Å². The van der Waals surface area contributed by atoms with Crippen molar-refractivity contribution in [2.24, 2.45) is 0 Å². The summed E-state index contributed by atoms with van der Waals surface area (Å²) in [7, 11) is 1.57. The van der Waals surface area contributed by atoms with Gasteiger partial charge in [0.05, 0.1) is 30.8 Å². The van der Waals surface area contributed by atoms with Gasteiger partial charge in [-0.3, -0.25) is 15.2 Å². The summed E-state index contributed by atoms with van der Waals surface area (Å²) >= 11 is 0. The van der Waals surface area contributed by atoms with Gasteiger partial charge in [0.25, 0.3) is 0 Å². The number of hydrogen-bond acceptors (Lipinski definition) is 8. The number of morpholine rings is 1. The number of amides is 2. The number of carbonyl (C=O) groups is 1. The average molecular weight is 452 g/mol. The fraction of sp³-hybridized carbons (Fsp3) is 0.500. The molecule has 5 heterocycles. The van der Waals surface area contributed by atoms with Gasteiger partial charge in [-0.15, -0.1) is 0 Å². The second-order valence-corrected chi connectivity index (χ2v) is 8.37. The first kappa shape index (κ1) is 21.5. The second kappa shape index (κ2) is 9.67. The van der Waals surface area contributed by atoms with Gasteiger partial charge in [-0.2, -0.15) is 15.1 Å². The van der Waals surface area contributed by atoms with Crippen molar-refractivity contribution in [2.75, 3.05) is 56.7 Å². The molecule has 2 aliphatic rings. The van der Waals surface area contributed by atoms with E-state index >= 15 is 0 Å². The molecule has 0 bridgehead atoms. The number of rotatable bonds is 5. The van der Waals surface area contributed by atoms with E-state index in [1.165, 1.54) is 5.56 Å². The molecule has 0 unspecified atom stereocenters. The third-order valence-corrected chi connectivity index (χ3v) is 6.23. The lowest BCUT2D eigenvalue weighted by Gasteiger charge is -2.32. The van der Waals surface area contributed by atoms with E-state index in [1.54, 1.807) is 13.2 Å². The Kier molecular flexibility index (Phi) is 6.31. The number of ether oxygens (including phenoxy) is 1. The molecular formula is C22H29N9O2. The van der Waals surface area contributed by atoms with Gasteiger partial charge in [-0.25, -0.2) is 9.48 Å². The minimum atomic E-state index is -0.350. The van der Waals surface area contributed by atoms with E-state index in [0.29, 0.717) is 13.2 Å². The summed E-state index contributed by atoms with van der Waals surface area (Å²) in [5.41, 5.74) is 1.98. The molecule has 0 spiro atoms. The van der Waals surface area contributed by atoms with Gasteiger partial charge in [0, 0.05) is 52.2 Å². The number of likely N-dealkylation sites (tertiary alicyclic amines) is 1. The molecule has 0 aliphatic carbocycles. The van der Waals surface area contributed by atoms with E-state index in [0.717, 1.165) is 62.4 Å². The quantitative estimate of drug-likeness (QED) is 0.602. The zero-order chi connectivity index (χ0) is 22.6. The van der Waals surface area contributed by atoms with Gasteiger partial charge in [0.1, 0.15) is 5.82 Å². The van der Waals surface area contributed by atoms with Crippen LogP contribution in [0.2, 0.25) is 0 Å². The van der Waals surface area contributed by atoms with Crippen molar-refractivity contribution in [3.63, 3.8) is 0 Å². The van der Waals surface area contributed by atoms with Crippen LogP contribution in [0.4, 0.5) is 16.6 Å². The minimum Gasteiger partial charge on any atom is -0.378 e. The summed E-state index contributed by atoms with van der Waals surface area (Å²) in [5.74, 6) is 1.06. The number of hydrogen-bond donors (Lipinski definition) is 2. The van der Waals surface area contributed by atoms with Gasteiger partial charge in [0.15, 0.2) is 5.65 Å². The monoisotopic (exact) mass is 451 g/mol. The lowest BCUT2D eigenvalue weighted by atomic mass is 10.0. The molecule has 0 radical (unpaired) electrons. The Balaban J connectivity index is 1.39. The van der Waals surface area contributed by atoms with E-state index in [4.69, 9.17) is 9.84 Å². The molecule has 11 heteroatoms. The number of urea groups is 1. The summed E-state index contributed by atoms with van der Waals surface area (Å²) in [6, 6.07) is 3.99. The first-order chi connectivity index (χ1) is 16.2. The molecule has 0 atom stereocenters. The number of nitrogens with zero attached hydrogens (tertiary/aromatic N) is 7. The van der Waals surface area contributed by atoms with E-state index in [2.05, 4.69) is 41.5 Å². The zero-order valence-electron chi connectivity index (χ0n) is 18.8. The smallest absolute Gasteiger partial charge is 0.321 e. The molecule has 2 fully saturated rings. The van der Waals surface area contributed by atoms with Crippen LogP contribution in [0.15, 0.2) is 30.7 Å². The Bertz CT molecular complexity index is 1090. The standard InChI is InChI=1S/C22H29N9O2/c1-23-22(32)28-21-26-19(30-9-11-33-12-10-30)18-14-25-31(20(18)27-21)17-4-7-29(8-5-17)15-16-3-2-6-24-13-16/h2-3,6,13-14,17H,4-5,7-12,15H2,1H3,(H2,23,26,27,28,32). The zero-order valence-corrected chi connectivity index (χ0v) is 18.8. The fourth-order valence-corrected chi connectivity index (χ4v) is 4.49. The highest BCUT2D eigenvalue weighted by molar-refractivity contribution is 5.92. The molecule has 0 saturated carbocycles. The van der Waals surface area contributed by atoms with Crippen LogP contribution in [-0.2, 0) is 11.3 Å². The topological polar surface area (TPSA) is 113 Å². The Labute approximate surface area is 192 Å². The summed E-state index contributed by atoms with van der Waals surface area (Å²) in [6.45, 7) is 5.63. The van der Waals surface area contributed by atoms with E-state index in [1.807, 2.05) is 23.1 Å².